The lowest BCUT2D eigenvalue weighted by molar-refractivity contribution is -0.122. The van der Waals surface area contributed by atoms with Crippen LogP contribution in [0.2, 0.25) is 0 Å². The first-order valence-corrected chi connectivity index (χ1v) is 6.71. The third kappa shape index (κ3) is 4.03. The Morgan fingerprint density at radius 2 is 2.16 bits per heavy atom. The van der Waals surface area contributed by atoms with E-state index in [9.17, 15) is 14.3 Å². The summed E-state index contributed by atoms with van der Waals surface area (Å²) in [7, 11) is 0. The van der Waals surface area contributed by atoms with Gasteiger partial charge in [-0.1, -0.05) is 18.2 Å². The van der Waals surface area contributed by atoms with Crippen LogP contribution < -0.4 is 5.32 Å². The van der Waals surface area contributed by atoms with Crippen molar-refractivity contribution in [3.63, 3.8) is 0 Å². The molecule has 1 amide bonds. The molecule has 0 aliphatic heterocycles. The molecule has 0 radical (unpaired) electrons. The molecule has 1 saturated carbocycles. The maximum absolute atomic E-state index is 13.4. The van der Waals surface area contributed by atoms with Crippen LogP contribution in [0.3, 0.4) is 0 Å². The Balaban J connectivity index is 1.74. The predicted octanol–water partition coefficient (Wildman–Crippen LogP) is 2.04. The number of aryl methyl sites for hydroxylation is 1. The fourth-order valence-electron chi connectivity index (χ4n) is 2.16. The molecule has 2 N–H and O–H groups in total. The average molecular weight is 265 g/mol. The Morgan fingerprint density at radius 3 is 2.79 bits per heavy atom. The minimum Gasteiger partial charge on any atom is -0.388 e. The van der Waals surface area contributed by atoms with Gasteiger partial charge in [-0.25, -0.2) is 4.39 Å². The third-order valence-corrected chi connectivity index (χ3v) is 3.68. The molecule has 0 aromatic heterocycles. The standard InChI is InChI=1S/C15H20FNO2/c1-15(19,12-7-8-12)10-17-14(18)9-6-11-4-2-3-5-13(11)16/h2-5,12,19H,6-10H2,1H3,(H,17,18)/t15-/m0/s1. The van der Waals surface area contributed by atoms with Gasteiger partial charge in [-0.05, 0) is 43.7 Å². The first-order chi connectivity index (χ1) is 8.99. The largest absolute Gasteiger partial charge is 0.388 e. The van der Waals surface area contributed by atoms with Gasteiger partial charge in [0, 0.05) is 13.0 Å². The van der Waals surface area contributed by atoms with Crippen molar-refractivity contribution in [3.8, 4) is 0 Å². The van der Waals surface area contributed by atoms with Crippen molar-refractivity contribution >= 4 is 5.91 Å². The molecule has 0 spiro atoms. The van der Waals surface area contributed by atoms with Gasteiger partial charge in [0.25, 0.3) is 0 Å². The molecule has 2 rings (SSSR count). The highest BCUT2D eigenvalue weighted by molar-refractivity contribution is 5.76. The third-order valence-electron chi connectivity index (χ3n) is 3.68. The van der Waals surface area contributed by atoms with Gasteiger partial charge in [-0.2, -0.15) is 0 Å². The minimum atomic E-state index is -0.812. The van der Waals surface area contributed by atoms with Gasteiger partial charge in [-0.15, -0.1) is 0 Å². The SMILES string of the molecule is C[C@](O)(CNC(=O)CCc1ccccc1F)C1CC1. The van der Waals surface area contributed by atoms with Crippen molar-refractivity contribution < 1.29 is 14.3 Å². The molecule has 1 atom stereocenters. The number of hydrogen-bond donors (Lipinski definition) is 2. The molecule has 0 unspecified atom stereocenters. The molecule has 19 heavy (non-hydrogen) atoms. The smallest absolute Gasteiger partial charge is 0.220 e. The summed E-state index contributed by atoms with van der Waals surface area (Å²) in [5, 5.41) is 12.8. The van der Waals surface area contributed by atoms with Crippen molar-refractivity contribution in [2.24, 2.45) is 5.92 Å². The minimum absolute atomic E-state index is 0.149. The van der Waals surface area contributed by atoms with Crippen LogP contribution in [0.5, 0.6) is 0 Å². The second kappa shape index (κ2) is 5.70. The average Bonchev–Trinajstić information content (AvgIpc) is 3.20. The molecule has 0 heterocycles. The molecule has 1 aromatic rings. The number of carbonyl (C=O) groups excluding carboxylic acids is 1. The predicted molar refractivity (Wildman–Crippen MR) is 71.1 cm³/mol. The fraction of sp³-hybridized carbons (Fsp3) is 0.533. The van der Waals surface area contributed by atoms with E-state index in [1.165, 1.54) is 6.07 Å². The zero-order valence-electron chi connectivity index (χ0n) is 11.2. The maximum atomic E-state index is 13.4. The van der Waals surface area contributed by atoms with Crippen LogP contribution in [0.1, 0.15) is 31.7 Å². The molecule has 0 saturated heterocycles. The number of benzene rings is 1. The topological polar surface area (TPSA) is 49.3 Å². The molecule has 1 aliphatic rings. The molecular formula is C15H20FNO2. The molecule has 1 aliphatic carbocycles. The Labute approximate surface area is 112 Å². The Morgan fingerprint density at radius 1 is 1.47 bits per heavy atom. The summed E-state index contributed by atoms with van der Waals surface area (Å²) in [6, 6.07) is 6.47. The number of rotatable bonds is 6. The summed E-state index contributed by atoms with van der Waals surface area (Å²) in [6.45, 7) is 2.02. The van der Waals surface area contributed by atoms with E-state index in [4.69, 9.17) is 0 Å². The van der Waals surface area contributed by atoms with Crippen molar-refractivity contribution in [2.45, 2.75) is 38.2 Å². The Hall–Kier alpha value is -1.42. The molecule has 1 aromatic carbocycles. The zero-order valence-corrected chi connectivity index (χ0v) is 11.2. The number of halogens is 1. The van der Waals surface area contributed by atoms with E-state index in [1.54, 1.807) is 25.1 Å². The van der Waals surface area contributed by atoms with Crippen LogP contribution in [0.15, 0.2) is 24.3 Å². The highest BCUT2D eigenvalue weighted by Gasteiger charge is 2.39. The van der Waals surface area contributed by atoms with Crippen LogP contribution in [0.25, 0.3) is 0 Å². The summed E-state index contributed by atoms with van der Waals surface area (Å²) in [4.78, 5) is 11.7. The fourth-order valence-corrected chi connectivity index (χ4v) is 2.16. The van der Waals surface area contributed by atoms with Crippen LogP contribution in [0.4, 0.5) is 4.39 Å². The van der Waals surface area contributed by atoms with E-state index >= 15 is 0 Å². The van der Waals surface area contributed by atoms with Crippen molar-refractivity contribution in [2.75, 3.05) is 6.54 Å². The molecule has 104 valence electrons. The number of nitrogens with one attached hydrogen (secondary N) is 1. The first kappa shape index (κ1) is 14.0. The van der Waals surface area contributed by atoms with Gasteiger partial charge in [0.05, 0.1) is 5.60 Å². The number of aliphatic hydroxyl groups is 1. The van der Waals surface area contributed by atoms with Gasteiger partial charge in [0.2, 0.25) is 5.91 Å². The van der Waals surface area contributed by atoms with Crippen molar-refractivity contribution in [1.29, 1.82) is 0 Å². The van der Waals surface area contributed by atoms with Gasteiger partial charge >= 0.3 is 0 Å². The second-order valence-electron chi connectivity index (χ2n) is 5.50. The van der Waals surface area contributed by atoms with E-state index < -0.39 is 5.60 Å². The van der Waals surface area contributed by atoms with Crippen molar-refractivity contribution in [1.82, 2.24) is 5.32 Å². The highest BCUT2D eigenvalue weighted by atomic mass is 19.1. The first-order valence-electron chi connectivity index (χ1n) is 6.71. The summed E-state index contributed by atoms with van der Waals surface area (Å²) in [6.07, 6.45) is 2.67. The highest BCUT2D eigenvalue weighted by Crippen LogP contribution is 2.38. The quantitative estimate of drug-likeness (QED) is 0.827. The van der Waals surface area contributed by atoms with Crippen LogP contribution >= 0.6 is 0 Å². The van der Waals surface area contributed by atoms with Crippen LogP contribution in [0, 0.1) is 11.7 Å². The summed E-state index contributed by atoms with van der Waals surface area (Å²) in [5.41, 5.74) is -0.264. The lowest BCUT2D eigenvalue weighted by atomic mass is 10.0. The summed E-state index contributed by atoms with van der Waals surface area (Å²) >= 11 is 0. The molecule has 4 heteroatoms. The van der Waals surface area contributed by atoms with Gasteiger partial charge < -0.3 is 10.4 Å². The van der Waals surface area contributed by atoms with Gasteiger partial charge in [0.15, 0.2) is 0 Å². The number of amides is 1. The summed E-state index contributed by atoms with van der Waals surface area (Å²) in [5.74, 6) is -0.121. The molecule has 3 nitrogen and oxygen atoms in total. The van der Waals surface area contributed by atoms with Crippen molar-refractivity contribution in [3.05, 3.63) is 35.6 Å². The summed E-state index contributed by atoms with van der Waals surface area (Å²) < 4.78 is 13.4. The number of carbonyl (C=O) groups is 1. The monoisotopic (exact) mass is 265 g/mol. The van der Waals surface area contributed by atoms with Crippen LogP contribution in [-0.4, -0.2) is 23.2 Å². The van der Waals surface area contributed by atoms with Crippen LogP contribution in [-0.2, 0) is 11.2 Å². The van der Waals surface area contributed by atoms with E-state index in [0.717, 1.165) is 12.8 Å². The number of hydrogen-bond acceptors (Lipinski definition) is 2. The normalized spacial score (nSPS) is 17.8. The maximum Gasteiger partial charge on any atom is 0.220 e. The van der Waals surface area contributed by atoms with E-state index in [-0.39, 0.29) is 24.7 Å². The van der Waals surface area contributed by atoms with Gasteiger partial charge in [0.1, 0.15) is 5.82 Å². The lowest BCUT2D eigenvalue weighted by Gasteiger charge is -2.23. The Kier molecular flexibility index (Phi) is 4.20. The molecule has 1 fully saturated rings. The van der Waals surface area contributed by atoms with E-state index in [1.807, 2.05) is 0 Å². The molecule has 0 bridgehead atoms. The zero-order chi connectivity index (χ0) is 13.9. The lowest BCUT2D eigenvalue weighted by Crippen LogP contribution is -2.42. The van der Waals surface area contributed by atoms with E-state index in [2.05, 4.69) is 5.32 Å². The van der Waals surface area contributed by atoms with Gasteiger partial charge in [-0.3, -0.25) is 4.79 Å². The molecular weight excluding hydrogens is 245 g/mol. The second-order valence-corrected chi connectivity index (χ2v) is 5.50. The Bertz CT molecular complexity index is 455. The van der Waals surface area contributed by atoms with E-state index in [0.29, 0.717) is 17.9 Å².